The number of hydrogen-bond acceptors (Lipinski definition) is 3. The Balaban J connectivity index is 1.02. The minimum absolute atomic E-state index is 1.13. The zero-order chi connectivity index (χ0) is 33.5. The van der Waals surface area contributed by atoms with Crippen LogP contribution in [-0.4, -0.2) is 0 Å². The number of rotatable bonds is 4. The summed E-state index contributed by atoms with van der Waals surface area (Å²) in [4.78, 5) is 2.37. The molecule has 0 unspecified atom stereocenters. The molecular weight excluding hydrogens is 655 g/mol. The smallest absolute Gasteiger partial charge is 0.0476 e. The van der Waals surface area contributed by atoms with Crippen LogP contribution in [0.15, 0.2) is 176 Å². The number of thiophene rings is 2. The van der Waals surface area contributed by atoms with Gasteiger partial charge in [0.25, 0.3) is 0 Å². The molecule has 2 heterocycles. The van der Waals surface area contributed by atoms with Crippen molar-refractivity contribution in [3.05, 3.63) is 176 Å². The molecule has 0 aliphatic heterocycles. The highest BCUT2D eigenvalue weighted by molar-refractivity contribution is 7.27. The van der Waals surface area contributed by atoms with E-state index in [1.165, 1.54) is 83.8 Å². The van der Waals surface area contributed by atoms with Crippen LogP contribution in [-0.2, 0) is 0 Å². The number of anilines is 3. The van der Waals surface area contributed by atoms with Gasteiger partial charge in [0.1, 0.15) is 0 Å². The number of hydrogen-bond donors (Lipinski definition) is 0. The molecule has 238 valence electrons. The molecule has 0 aliphatic rings. The minimum Gasteiger partial charge on any atom is -0.310 e. The van der Waals surface area contributed by atoms with Crippen LogP contribution in [0.5, 0.6) is 0 Å². The maximum Gasteiger partial charge on any atom is 0.0476 e. The van der Waals surface area contributed by atoms with Gasteiger partial charge in [0.2, 0.25) is 0 Å². The van der Waals surface area contributed by atoms with E-state index < -0.39 is 0 Å². The fraction of sp³-hybridized carbons (Fsp3) is 0. The summed E-state index contributed by atoms with van der Waals surface area (Å²) < 4.78 is 5.35. The predicted octanol–water partition coefficient (Wildman–Crippen LogP) is 15.0. The summed E-state index contributed by atoms with van der Waals surface area (Å²) in [6, 6.07) is 64.8. The Morgan fingerprint density at radius 2 is 0.706 bits per heavy atom. The summed E-state index contributed by atoms with van der Waals surface area (Å²) in [5.41, 5.74) is 5.86. The molecule has 0 aliphatic carbocycles. The first-order valence-corrected chi connectivity index (χ1v) is 19.0. The molecule has 2 aromatic heterocycles. The van der Waals surface area contributed by atoms with E-state index in [1.807, 2.05) is 22.7 Å². The molecule has 0 fully saturated rings. The topological polar surface area (TPSA) is 3.24 Å². The van der Waals surface area contributed by atoms with Gasteiger partial charge in [0, 0.05) is 57.4 Å². The van der Waals surface area contributed by atoms with E-state index in [2.05, 4.69) is 181 Å². The highest BCUT2D eigenvalue weighted by Gasteiger charge is 2.17. The molecule has 11 rings (SSSR count). The lowest BCUT2D eigenvalue weighted by molar-refractivity contribution is 1.29. The Morgan fingerprint density at radius 3 is 1.39 bits per heavy atom. The van der Waals surface area contributed by atoms with Crippen LogP contribution < -0.4 is 4.90 Å². The van der Waals surface area contributed by atoms with Gasteiger partial charge in [-0.25, -0.2) is 0 Å². The molecule has 0 amide bonds. The van der Waals surface area contributed by atoms with E-state index in [4.69, 9.17) is 0 Å². The third-order valence-electron chi connectivity index (χ3n) is 10.4. The van der Waals surface area contributed by atoms with Gasteiger partial charge in [-0.1, -0.05) is 115 Å². The van der Waals surface area contributed by atoms with Crippen molar-refractivity contribution in [2.24, 2.45) is 0 Å². The average Bonchev–Trinajstić information content (AvgIpc) is 3.74. The lowest BCUT2D eigenvalue weighted by Crippen LogP contribution is -2.09. The lowest BCUT2D eigenvalue weighted by atomic mass is 9.92. The van der Waals surface area contributed by atoms with Gasteiger partial charge in [-0.05, 0) is 104 Å². The van der Waals surface area contributed by atoms with Gasteiger partial charge in [0.05, 0.1) is 0 Å². The molecule has 3 heteroatoms. The fourth-order valence-corrected chi connectivity index (χ4v) is 10.3. The van der Waals surface area contributed by atoms with E-state index in [0.29, 0.717) is 0 Å². The van der Waals surface area contributed by atoms with Gasteiger partial charge in [-0.3, -0.25) is 0 Å². The van der Waals surface area contributed by atoms with Crippen molar-refractivity contribution in [2.75, 3.05) is 4.90 Å². The summed E-state index contributed by atoms with van der Waals surface area (Å²) in [5, 5.41) is 13.2. The van der Waals surface area contributed by atoms with Gasteiger partial charge in [-0.2, -0.15) is 0 Å². The molecule has 0 bridgehead atoms. The second-order valence-electron chi connectivity index (χ2n) is 13.3. The van der Waals surface area contributed by atoms with Crippen LogP contribution in [0.2, 0.25) is 0 Å². The highest BCUT2D eigenvalue weighted by Crippen LogP contribution is 2.44. The molecule has 0 atom stereocenters. The molecular formula is C48H29NS2. The van der Waals surface area contributed by atoms with Crippen LogP contribution >= 0.6 is 22.7 Å². The quantitative estimate of drug-likeness (QED) is 0.167. The third-order valence-corrected chi connectivity index (χ3v) is 12.7. The van der Waals surface area contributed by atoms with Crippen LogP contribution in [0.3, 0.4) is 0 Å². The maximum atomic E-state index is 2.40. The SMILES string of the molecule is c1ccc(N(c2ccc(-c3ccc4c5ccccc5c5ccccc5c4c3)cc2)c2ccc3c(c2)sc2cc4c(cc23)sc2ccccc24)cc1. The lowest BCUT2D eigenvalue weighted by Gasteiger charge is -2.25. The zero-order valence-corrected chi connectivity index (χ0v) is 29.1. The Kier molecular flexibility index (Phi) is 6.36. The molecule has 1 nitrogen and oxygen atoms in total. The Labute approximate surface area is 302 Å². The summed E-state index contributed by atoms with van der Waals surface area (Å²) >= 11 is 3.78. The van der Waals surface area contributed by atoms with Gasteiger partial charge >= 0.3 is 0 Å². The van der Waals surface area contributed by atoms with Gasteiger partial charge < -0.3 is 4.90 Å². The van der Waals surface area contributed by atoms with E-state index in [1.54, 1.807) is 0 Å². The molecule has 0 N–H and O–H groups in total. The standard InChI is InChI=1S/C48H29NS2/c1-2-10-32(11-3-1)49(34-23-25-41-44-29-47-43(28-48(44)51-46(41)27-34)40-16-8-9-17-45(40)50-47)33-21-18-30(19-22-33)31-20-24-39-37-14-5-4-12-35(37)36-13-6-7-15-38(36)42(39)26-31/h1-29H. The van der Waals surface area contributed by atoms with Crippen LogP contribution in [0.1, 0.15) is 0 Å². The molecule has 51 heavy (non-hydrogen) atoms. The fourth-order valence-electron chi connectivity index (χ4n) is 8.04. The molecule has 0 saturated heterocycles. The summed E-state index contributed by atoms with van der Waals surface area (Å²) in [6.07, 6.45) is 0. The maximum absolute atomic E-state index is 2.40. The van der Waals surface area contributed by atoms with Crippen LogP contribution in [0, 0.1) is 0 Å². The Bertz CT molecular complexity index is 3100. The van der Waals surface area contributed by atoms with Gasteiger partial charge in [-0.15, -0.1) is 22.7 Å². The predicted molar refractivity (Wildman–Crippen MR) is 225 cm³/mol. The summed E-state index contributed by atoms with van der Waals surface area (Å²) in [5.74, 6) is 0. The largest absolute Gasteiger partial charge is 0.310 e. The molecule has 0 spiro atoms. The van der Waals surface area contributed by atoms with Crippen molar-refractivity contribution >= 4 is 112 Å². The van der Waals surface area contributed by atoms with E-state index in [-0.39, 0.29) is 0 Å². The second-order valence-corrected chi connectivity index (χ2v) is 15.5. The van der Waals surface area contributed by atoms with Crippen molar-refractivity contribution < 1.29 is 0 Å². The number of benzene rings is 9. The molecule has 9 aromatic carbocycles. The van der Waals surface area contributed by atoms with Crippen molar-refractivity contribution in [1.82, 2.24) is 0 Å². The first-order valence-electron chi connectivity index (χ1n) is 17.3. The second kappa shape index (κ2) is 11.3. The first kappa shape index (κ1) is 28.8. The Hall–Kier alpha value is -6.00. The first-order chi connectivity index (χ1) is 25.3. The summed E-state index contributed by atoms with van der Waals surface area (Å²) in [7, 11) is 0. The van der Waals surface area contributed by atoms with Crippen LogP contribution in [0.4, 0.5) is 17.1 Å². The van der Waals surface area contributed by atoms with Gasteiger partial charge in [0.15, 0.2) is 0 Å². The molecule has 0 saturated carbocycles. The zero-order valence-electron chi connectivity index (χ0n) is 27.5. The number of para-hydroxylation sites is 1. The highest BCUT2D eigenvalue weighted by atomic mass is 32.1. The van der Waals surface area contributed by atoms with E-state index >= 15 is 0 Å². The molecule has 11 aromatic rings. The van der Waals surface area contributed by atoms with Crippen molar-refractivity contribution in [2.45, 2.75) is 0 Å². The summed E-state index contributed by atoms with van der Waals surface area (Å²) in [6.45, 7) is 0. The number of fused-ring (bicyclic) bond motifs is 12. The minimum atomic E-state index is 1.13. The average molecular weight is 684 g/mol. The van der Waals surface area contributed by atoms with E-state index in [9.17, 15) is 0 Å². The third kappa shape index (κ3) is 4.52. The molecule has 0 radical (unpaired) electrons. The number of nitrogens with zero attached hydrogens (tertiary/aromatic N) is 1. The Morgan fingerprint density at radius 1 is 0.255 bits per heavy atom. The van der Waals surface area contributed by atoms with E-state index in [0.717, 1.165) is 17.1 Å². The van der Waals surface area contributed by atoms with Crippen molar-refractivity contribution in [3.8, 4) is 11.1 Å². The van der Waals surface area contributed by atoms with Crippen molar-refractivity contribution in [1.29, 1.82) is 0 Å². The van der Waals surface area contributed by atoms with Crippen LogP contribution in [0.25, 0.3) is 83.8 Å². The normalized spacial score (nSPS) is 11.9. The van der Waals surface area contributed by atoms with Crippen molar-refractivity contribution in [3.63, 3.8) is 0 Å². The monoisotopic (exact) mass is 683 g/mol.